The standard InChI is InChI=1S/C22H26N6O2/c1-27-18(15-5-10-30-11-6-15)13-20(26-27)25-19-12-17(4-8-24-19)28-9-7-22(14-23,21(28)29)16-2-3-16/h4,8,12-13,15-16H,2-3,5-7,9-11H2,1H3,(H,24,25,26)/t22-/m1/s1. The summed E-state index contributed by atoms with van der Waals surface area (Å²) in [4.78, 5) is 19.2. The van der Waals surface area contributed by atoms with Crippen molar-refractivity contribution in [2.24, 2.45) is 18.4 Å². The number of aryl methyl sites for hydroxylation is 1. The van der Waals surface area contributed by atoms with Crippen LogP contribution in [0.3, 0.4) is 0 Å². The normalized spacial score (nSPS) is 24.8. The van der Waals surface area contributed by atoms with Gasteiger partial charge in [-0.05, 0) is 44.1 Å². The molecule has 1 atom stereocenters. The van der Waals surface area contributed by atoms with Crippen molar-refractivity contribution in [3.05, 3.63) is 30.1 Å². The third kappa shape index (κ3) is 3.23. The van der Waals surface area contributed by atoms with E-state index < -0.39 is 5.41 Å². The highest BCUT2D eigenvalue weighted by Crippen LogP contribution is 2.51. The van der Waals surface area contributed by atoms with Gasteiger partial charge in [-0.25, -0.2) is 4.98 Å². The Balaban J connectivity index is 1.34. The Morgan fingerprint density at radius 1 is 1.23 bits per heavy atom. The van der Waals surface area contributed by atoms with Gasteiger partial charge in [-0.1, -0.05) is 0 Å². The molecule has 156 valence electrons. The van der Waals surface area contributed by atoms with Gasteiger partial charge >= 0.3 is 0 Å². The molecule has 8 nitrogen and oxygen atoms in total. The summed E-state index contributed by atoms with van der Waals surface area (Å²) < 4.78 is 7.39. The zero-order valence-electron chi connectivity index (χ0n) is 17.2. The van der Waals surface area contributed by atoms with E-state index in [4.69, 9.17) is 4.74 Å². The summed E-state index contributed by atoms with van der Waals surface area (Å²) in [5.74, 6) is 1.98. The Morgan fingerprint density at radius 3 is 2.77 bits per heavy atom. The van der Waals surface area contributed by atoms with E-state index in [1.165, 1.54) is 5.69 Å². The van der Waals surface area contributed by atoms with Crippen molar-refractivity contribution in [3.63, 3.8) is 0 Å². The first-order valence-electron chi connectivity index (χ1n) is 10.7. The minimum absolute atomic E-state index is 0.0655. The number of pyridine rings is 1. The maximum absolute atomic E-state index is 13.1. The van der Waals surface area contributed by atoms with Crippen LogP contribution >= 0.6 is 0 Å². The summed E-state index contributed by atoms with van der Waals surface area (Å²) >= 11 is 0. The molecule has 1 amide bonds. The zero-order chi connectivity index (χ0) is 20.7. The number of carbonyl (C=O) groups is 1. The molecule has 3 aliphatic rings. The molecule has 1 aliphatic carbocycles. The van der Waals surface area contributed by atoms with Crippen molar-refractivity contribution in [2.75, 3.05) is 30.0 Å². The molecule has 3 fully saturated rings. The average Bonchev–Trinajstić information content (AvgIpc) is 3.48. The maximum atomic E-state index is 13.1. The Bertz CT molecular complexity index is 1000. The molecule has 4 heterocycles. The number of rotatable bonds is 5. The quantitative estimate of drug-likeness (QED) is 0.820. The predicted molar refractivity (Wildman–Crippen MR) is 111 cm³/mol. The highest BCUT2D eigenvalue weighted by molar-refractivity contribution is 6.02. The second-order valence-electron chi connectivity index (χ2n) is 8.55. The second kappa shape index (κ2) is 7.40. The Labute approximate surface area is 175 Å². The Hall–Kier alpha value is -2.92. The molecular weight excluding hydrogens is 380 g/mol. The van der Waals surface area contributed by atoms with Crippen LogP contribution in [-0.2, 0) is 16.6 Å². The Kier molecular flexibility index (Phi) is 4.70. The summed E-state index contributed by atoms with van der Waals surface area (Å²) in [6.45, 7) is 2.15. The monoisotopic (exact) mass is 406 g/mol. The van der Waals surface area contributed by atoms with E-state index in [0.717, 1.165) is 50.4 Å². The molecule has 1 N–H and O–H groups in total. The number of hydrogen-bond acceptors (Lipinski definition) is 6. The van der Waals surface area contributed by atoms with Crippen LogP contribution in [0.1, 0.15) is 43.7 Å². The van der Waals surface area contributed by atoms with Crippen LogP contribution in [0.2, 0.25) is 0 Å². The van der Waals surface area contributed by atoms with Gasteiger partial charge in [-0.3, -0.25) is 9.48 Å². The lowest BCUT2D eigenvalue weighted by atomic mass is 9.83. The molecule has 0 bridgehead atoms. The van der Waals surface area contributed by atoms with Crippen molar-refractivity contribution in [2.45, 2.75) is 38.0 Å². The van der Waals surface area contributed by atoms with Gasteiger partial charge in [-0.2, -0.15) is 10.4 Å². The van der Waals surface area contributed by atoms with E-state index in [0.29, 0.717) is 24.7 Å². The number of nitriles is 1. The molecular formula is C22H26N6O2. The number of aromatic nitrogens is 3. The van der Waals surface area contributed by atoms with E-state index in [1.54, 1.807) is 11.1 Å². The van der Waals surface area contributed by atoms with Crippen LogP contribution in [-0.4, -0.2) is 40.4 Å². The van der Waals surface area contributed by atoms with Crippen molar-refractivity contribution >= 4 is 23.2 Å². The van der Waals surface area contributed by atoms with Gasteiger partial charge < -0.3 is 15.0 Å². The molecule has 30 heavy (non-hydrogen) atoms. The van der Waals surface area contributed by atoms with Crippen LogP contribution in [0.5, 0.6) is 0 Å². The van der Waals surface area contributed by atoms with Crippen molar-refractivity contribution in [3.8, 4) is 6.07 Å². The molecule has 5 rings (SSSR count). The van der Waals surface area contributed by atoms with Crippen LogP contribution in [0, 0.1) is 22.7 Å². The van der Waals surface area contributed by atoms with Gasteiger partial charge in [0.25, 0.3) is 0 Å². The number of amides is 1. The van der Waals surface area contributed by atoms with Gasteiger partial charge in [0.2, 0.25) is 5.91 Å². The van der Waals surface area contributed by atoms with E-state index in [-0.39, 0.29) is 11.8 Å². The SMILES string of the molecule is Cn1nc(Nc2cc(N3CC[C@@](C#N)(C4CC4)C3=O)ccn2)cc1C1CCOCC1. The molecule has 2 aromatic heterocycles. The van der Waals surface area contributed by atoms with Gasteiger partial charge in [0.15, 0.2) is 5.82 Å². The van der Waals surface area contributed by atoms with Gasteiger partial charge in [-0.15, -0.1) is 0 Å². The minimum atomic E-state index is -0.837. The van der Waals surface area contributed by atoms with Crippen LogP contribution < -0.4 is 10.2 Å². The summed E-state index contributed by atoms with van der Waals surface area (Å²) in [6, 6.07) is 8.10. The second-order valence-corrected chi connectivity index (χ2v) is 8.55. The van der Waals surface area contributed by atoms with E-state index >= 15 is 0 Å². The first-order valence-corrected chi connectivity index (χ1v) is 10.7. The molecule has 2 aromatic rings. The summed E-state index contributed by atoms with van der Waals surface area (Å²) in [5.41, 5.74) is 1.13. The maximum Gasteiger partial charge on any atom is 0.247 e. The third-order valence-corrected chi connectivity index (χ3v) is 6.70. The average molecular weight is 406 g/mol. The van der Waals surface area contributed by atoms with Crippen molar-refractivity contribution < 1.29 is 9.53 Å². The minimum Gasteiger partial charge on any atom is -0.381 e. The first kappa shape index (κ1) is 19.1. The van der Waals surface area contributed by atoms with E-state index in [1.807, 2.05) is 23.9 Å². The lowest BCUT2D eigenvalue weighted by molar-refractivity contribution is -0.123. The number of anilines is 3. The number of ether oxygens (including phenoxy) is 1. The van der Waals surface area contributed by atoms with Gasteiger partial charge in [0.05, 0.1) is 6.07 Å². The molecule has 0 radical (unpaired) electrons. The number of carbonyl (C=O) groups excluding carboxylic acids is 1. The topological polar surface area (TPSA) is 96.1 Å². The fourth-order valence-corrected chi connectivity index (χ4v) is 4.84. The lowest BCUT2D eigenvalue weighted by Gasteiger charge is -2.21. The van der Waals surface area contributed by atoms with Gasteiger partial charge in [0, 0.05) is 62.4 Å². The van der Waals surface area contributed by atoms with Gasteiger partial charge in [0.1, 0.15) is 11.2 Å². The first-order chi connectivity index (χ1) is 14.6. The largest absolute Gasteiger partial charge is 0.381 e. The molecule has 0 aromatic carbocycles. The van der Waals surface area contributed by atoms with Crippen molar-refractivity contribution in [1.82, 2.24) is 14.8 Å². The number of nitrogens with one attached hydrogen (secondary N) is 1. The molecule has 8 heteroatoms. The number of hydrogen-bond donors (Lipinski definition) is 1. The summed E-state index contributed by atoms with van der Waals surface area (Å²) in [5, 5.41) is 17.6. The summed E-state index contributed by atoms with van der Waals surface area (Å²) in [6.07, 6.45) is 6.26. The Morgan fingerprint density at radius 2 is 2.03 bits per heavy atom. The molecule has 2 aliphatic heterocycles. The highest BCUT2D eigenvalue weighted by Gasteiger charge is 2.56. The molecule has 1 saturated carbocycles. The summed E-state index contributed by atoms with van der Waals surface area (Å²) in [7, 11) is 1.96. The van der Waals surface area contributed by atoms with Crippen LogP contribution in [0.15, 0.2) is 24.4 Å². The number of nitrogens with zero attached hydrogens (tertiary/aromatic N) is 5. The third-order valence-electron chi connectivity index (χ3n) is 6.70. The van der Waals surface area contributed by atoms with E-state index in [9.17, 15) is 10.1 Å². The van der Waals surface area contributed by atoms with Crippen LogP contribution in [0.4, 0.5) is 17.3 Å². The fourth-order valence-electron chi connectivity index (χ4n) is 4.84. The molecule has 2 saturated heterocycles. The predicted octanol–water partition coefficient (Wildman–Crippen LogP) is 3.11. The molecule has 0 unspecified atom stereocenters. The van der Waals surface area contributed by atoms with Crippen molar-refractivity contribution in [1.29, 1.82) is 5.26 Å². The smallest absolute Gasteiger partial charge is 0.247 e. The highest BCUT2D eigenvalue weighted by atomic mass is 16.5. The fraction of sp³-hybridized carbons (Fsp3) is 0.545. The molecule has 0 spiro atoms. The van der Waals surface area contributed by atoms with E-state index in [2.05, 4.69) is 27.5 Å². The van der Waals surface area contributed by atoms with Crippen LogP contribution in [0.25, 0.3) is 0 Å². The lowest BCUT2D eigenvalue weighted by Crippen LogP contribution is -2.35. The zero-order valence-corrected chi connectivity index (χ0v) is 17.2.